The Bertz CT molecular complexity index is 889. The van der Waals surface area contributed by atoms with E-state index >= 15 is 0 Å². The molecule has 3 atom stereocenters. The fourth-order valence-electron chi connectivity index (χ4n) is 3.46. The van der Waals surface area contributed by atoms with Crippen LogP contribution in [0.15, 0.2) is 65.6 Å². The summed E-state index contributed by atoms with van der Waals surface area (Å²) in [5.74, 6) is -0.958. The summed E-state index contributed by atoms with van der Waals surface area (Å²) in [5.41, 5.74) is 0.959. The van der Waals surface area contributed by atoms with Gasteiger partial charge in [-0.1, -0.05) is 48.5 Å². The van der Waals surface area contributed by atoms with Gasteiger partial charge in [-0.3, -0.25) is 8.98 Å². The predicted octanol–water partition coefficient (Wildman–Crippen LogP) is 3.73. The fourth-order valence-corrected chi connectivity index (χ4v) is 4.43. The Labute approximate surface area is 165 Å². The lowest BCUT2D eigenvalue weighted by molar-refractivity contribution is -0.133. The van der Waals surface area contributed by atoms with Crippen LogP contribution in [0.1, 0.15) is 31.4 Å². The van der Waals surface area contributed by atoms with Crippen LogP contribution in [0.4, 0.5) is 4.39 Å². The molecule has 5 nitrogen and oxygen atoms in total. The van der Waals surface area contributed by atoms with Crippen LogP contribution in [0.5, 0.6) is 0 Å². The average molecular weight is 405 g/mol. The molecule has 2 aromatic rings. The van der Waals surface area contributed by atoms with E-state index in [1.165, 1.54) is 12.1 Å². The first-order valence-electron chi connectivity index (χ1n) is 9.34. The van der Waals surface area contributed by atoms with Crippen molar-refractivity contribution in [2.75, 3.05) is 13.2 Å². The minimum atomic E-state index is -3.81. The number of likely N-dealkylation sites (tertiary alicyclic amines) is 1. The number of halogens is 1. The van der Waals surface area contributed by atoms with E-state index in [0.29, 0.717) is 19.4 Å². The first-order valence-corrected chi connectivity index (χ1v) is 10.7. The van der Waals surface area contributed by atoms with Crippen LogP contribution in [0.2, 0.25) is 0 Å². The van der Waals surface area contributed by atoms with E-state index in [1.807, 2.05) is 37.3 Å². The van der Waals surface area contributed by atoms with E-state index in [0.717, 1.165) is 5.56 Å². The van der Waals surface area contributed by atoms with Gasteiger partial charge < -0.3 is 4.90 Å². The van der Waals surface area contributed by atoms with Crippen molar-refractivity contribution >= 4 is 16.0 Å². The molecule has 28 heavy (non-hydrogen) atoms. The average Bonchev–Trinajstić information content (AvgIpc) is 3.00. The fraction of sp³-hybridized carbons (Fsp3) is 0.381. The van der Waals surface area contributed by atoms with Gasteiger partial charge in [0, 0.05) is 12.5 Å². The van der Waals surface area contributed by atoms with Crippen LogP contribution >= 0.6 is 0 Å². The normalized spacial score (nSPS) is 21.1. The Morgan fingerprint density at radius 2 is 1.71 bits per heavy atom. The number of hydrogen-bond donors (Lipinski definition) is 0. The lowest BCUT2D eigenvalue weighted by atomic mass is 10.0. The van der Waals surface area contributed by atoms with Gasteiger partial charge in [0.1, 0.15) is 0 Å². The monoisotopic (exact) mass is 405 g/mol. The Balaban J connectivity index is 1.52. The van der Waals surface area contributed by atoms with E-state index in [1.54, 1.807) is 23.1 Å². The second-order valence-corrected chi connectivity index (χ2v) is 8.59. The number of benzene rings is 2. The number of carbonyl (C=O) groups is 1. The van der Waals surface area contributed by atoms with Gasteiger partial charge in [0.2, 0.25) is 0 Å². The molecule has 0 spiro atoms. The zero-order valence-corrected chi connectivity index (χ0v) is 16.5. The summed E-state index contributed by atoms with van der Waals surface area (Å²) in [6.07, 6.45) is -0.815. The summed E-state index contributed by atoms with van der Waals surface area (Å²) in [6, 6.07) is 17.2. The van der Waals surface area contributed by atoms with Gasteiger partial charge in [-0.15, -0.1) is 0 Å². The zero-order valence-electron chi connectivity index (χ0n) is 15.7. The Morgan fingerprint density at radius 1 is 1.11 bits per heavy atom. The third-order valence-electron chi connectivity index (χ3n) is 5.10. The highest BCUT2D eigenvalue weighted by Gasteiger charge is 2.42. The van der Waals surface area contributed by atoms with Crippen LogP contribution in [-0.4, -0.2) is 38.5 Å². The second kappa shape index (κ2) is 8.84. The van der Waals surface area contributed by atoms with Crippen molar-refractivity contribution in [3.8, 4) is 0 Å². The maximum Gasteiger partial charge on any atom is 0.296 e. The summed E-state index contributed by atoms with van der Waals surface area (Å²) in [6.45, 7) is 2.17. The number of amides is 1. The maximum absolute atomic E-state index is 14.5. The number of hydrogen-bond acceptors (Lipinski definition) is 4. The summed E-state index contributed by atoms with van der Waals surface area (Å²) in [5, 5.41) is 0. The van der Waals surface area contributed by atoms with Crippen molar-refractivity contribution in [2.24, 2.45) is 5.92 Å². The molecule has 1 aliphatic heterocycles. The largest absolute Gasteiger partial charge is 0.333 e. The van der Waals surface area contributed by atoms with E-state index in [-0.39, 0.29) is 17.5 Å². The molecule has 1 saturated heterocycles. The molecule has 1 aliphatic rings. The van der Waals surface area contributed by atoms with Crippen LogP contribution in [0.3, 0.4) is 0 Å². The molecule has 0 aromatic heterocycles. The molecular weight excluding hydrogens is 381 g/mol. The number of rotatable bonds is 8. The standard InChI is InChI=1S/C21H24FNO4S/c1-16(17-9-4-2-5-10-17)23-15-18(20(22)21(23)24)11-8-14-27-28(25,26)19-12-6-3-7-13-19/h2-7,9-10,12-13,16,18,20H,8,11,14-15H2,1H3. The minimum absolute atomic E-state index is 0.0388. The molecule has 0 bridgehead atoms. The van der Waals surface area contributed by atoms with Crippen molar-refractivity contribution in [3.05, 3.63) is 66.2 Å². The van der Waals surface area contributed by atoms with Crippen LogP contribution in [0, 0.1) is 5.92 Å². The molecule has 0 saturated carbocycles. The third kappa shape index (κ3) is 4.59. The molecule has 1 fully saturated rings. The minimum Gasteiger partial charge on any atom is -0.333 e. The quantitative estimate of drug-likeness (QED) is 0.496. The molecule has 7 heteroatoms. The third-order valence-corrected chi connectivity index (χ3v) is 6.43. The van der Waals surface area contributed by atoms with Crippen molar-refractivity contribution in [3.63, 3.8) is 0 Å². The van der Waals surface area contributed by atoms with E-state index in [4.69, 9.17) is 4.18 Å². The van der Waals surface area contributed by atoms with Gasteiger partial charge in [0.15, 0.2) is 6.17 Å². The van der Waals surface area contributed by atoms with Gasteiger partial charge in [-0.25, -0.2) is 4.39 Å². The Morgan fingerprint density at radius 3 is 2.36 bits per heavy atom. The van der Waals surface area contributed by atoms with Crippen LogP contribution in [0.25, 0.3) is 0 Å². The molecular formula is C21H24FNO4S. The second-order valence-electron chi connectivity index (χ2n) is 6.97. The molecule has 3 rings (SSSR count). The summed E-state index contributed by atoms with van der Waals surface area (Å²) < 4.78 is 43.7. The van der Waals surface area contributed by atoms with E-state index in [9.17, 15) is 17.6 Å². The molecule has 0 aliphatic carbocycles. The van der Waals surface area contributed by atoms with E-state index in [2.05, 4.69) is 0 Å². The van der Waals surface area contributed by atoms with Crippen molar-refractivity contribution in [1.82, 2.24) is 4.90 Å². The van der Waals surface area contributed by atoms with Crippen LogP contribution < -0.4 is 0 Å². The summed E-state index contributed by atoms with van der Waals surface area (Å²) >= 11 is 0. The van der Waals surface area contributed by atoms with Gasteiger partial charge in [0.25, 0.3) is 16.0 Å². The number of alkyl halides is 1. The summed E-state index contributed by atoms with van der Waals surface area (Å²) in [7, 11) is -3.81. The molecule has 2 aromatic carbocycles. The zero-order chi connectivity index (χ0) is 20.1. The lowest BCUT2D eigenvalue weighted by Crippen LogP contribution is -2.30. The molecule has 0 radical (unpaired) electrons. The van der Waals surface area contributed by atoms with Crippen LogP contribution in [-0.2, 0) is 19.1 Å². The number of nitrogens with zero attached hydrogens (tertiary/aromatic N) is 1. The van der Waals surface area contributed by atoms with Crippen molar-refractivity contribution < 1.29 is 21.8 Å². The predicted molar refractivity (Wildman–Crippen MR) is 104 cm³/mol. The Kier molecular flexibility index (Phi) is 6.46. The van der Waals surface area contributed by atoms with Gasteiger partial charge in [-0.05, 0) is 37.5 Å². The SMILES string of the molecule is CC(c1ccccc1)N1CC(CCCOS(=O)(=O)c2ccccc2)C(F)C1=O. The Hall–Kier alpha value is -2.25. The molecule has 1 amide bonds. The topological polar surface area (TPSA) is 63.7 Å². The highest BCUT2D eigenvalue weighted by Crippen LogP contribution is 2.32. The molecule has 150 valence electrons. The highest BCUT2D eigenvalue weighted by atomic mass is 32.2. The van der Waals surface area contributed by atoms with Gasteiger partial charge in [0.05, 0.1) is 17.5 Å². The smallest absolute Gasteiger partial charge is 0.296 e. The first kappa shape index (κ1) is 20.5. The van der Waals surface area contributed by atoms with Crippen molar-refractivity contribution in [2.45, 2.75) is 36.9 Å². The van der Waals surface area contributed by atoms with Gasteiger partial charge in [-0.2, -0.15) is 8.42 Å². The lowest BCUT2D eigenvalue weighted by Gasteiger charge is -2.25. The van der Waals surface area contributed by atoms with E-state index < -0.39 is 28.1 Å². The summed E-state index contributed by atoms with van der Waals surface area (Å²) in [4.78, 5) is 14.0. The number of carbonyl (C=O) groups excluding carboxylic acids is 1. The molecule has 3 unspecified atom stereocenters. The maximum atomic E-state index is 14.5. The molecule has 1 heterocycles. The first-order chi connectivity index (χ1) is 13.4. The molecule has 0 N–H and O–H groups in total. The highest BCUT2D eigenvalue weighted by molar-refractivity contribution is 7.86. The van der Waals surface area contributed by atoms with Gasteiger partial charge >= 0.3 is 0 Å². The van der Waals surface area contributed by atoms with Crippen molar-refractivity contribution in [1.29, 1.82) is 0 Å².